The predicted molar refractivity (Wildman–Crippen MR) is 125 cm³/mol. The van der Waals surface area contributed by atoms with Crippen LogP contribution in [-0.2, 0) is 14.8 Å². The third-order valence-corrected chi connectivity index (χ3v) is 7.88. The Morgan fingerprint density at radius 1 is 1.03 bits per heavy atom. The Morgan fingerprint density at radius 3 is 2.25 bits per heavy atom. The number of nitrogens with zero attached hydrogens (tertiary/aromatic N) is 2. The predicted octanol–water partition coefficient (Wildman–Crippen LogP) is 2.56. The van der Waals surface area contributed by atoms with E-state index in [2.05, 4.69) is 22.3 Å². The molecule has 3 rings (SSSR count). The Morgan fingerprint density at radius 2 is 1.66 bits per heavy atom. The van der Waals surface area contributed by atoms with E-state index in [1.807, 2.05) is 32.0 Å². The summed E-state index contributed by atoms with van der Waals surface area (Å²) in [5, 5.41) is 3.30. The number of hydrogen-bond acceptors (Lipinski definition) is 6. The van der Waals surface area contributed by atoms with Crippen LogP contribution in [0.4, 0.5) is 0 Å². The zero-order valence-electron chi connectivity index (χ0n) is 18.9. The molecule has 1 unspecified atom stereocenters. The van der Waals surface area contributed by atoms with E-state index in [1.165, 1.54) is 22.0 Å². The second kappa shape index (κ2) is 11.7. The summed E-state index contributed by atoms with van der Waals surface area (Å²) in [4.78, 5) is 15.3. The molecule has 2 aromatic carbocycles. The van der Waals surface area contributed by atoms with Crippen molar-refractivity contribution in [1.82, 2.24) is 14.5 Å². The first-order chi connectivity index (χ1) is 15.5. The summed E-state index contributed by atoms with van der Waals surface area (Å²) >= 11 is 0. The minimum absolute atomic E-state index is 0.0643. The van der Waals surface area contributed by atoms with Crippen LogP contribution >= 0.6 is 0 Å². The summed E-state index contributed by atoms with van der Waals surface area (Å²) in [5.41, 5.74) is 1.71. The Hall–Kier alpha value is -2.10. The highest BCUT2D eigenvalue weighted by atomic mass is 32.2. The molecule has 1 saturated heterocycles. The zero-order valence-corrected chi connectivity index (χ0v) is 19.7. The average Bonchev–Trinajstić information content (AvgIpc) is 2.83. The van der Waals surface area contributed by atoms with Crippen LogP contribution in [0.1, 0.15) is 35.8 Å². The van der Waals surface area contributed by atoms with E-state index in [0.717, 1.165) is 13.1 Å². The first-order valence-electron chi connectivity index (χ1n) is 11.2. The molecule has 0 bridgehead atoms. The van der Waals surface area contributed by atoms with Crippen molar-refractivity contribution in [3.63, 3.8) is 0 Å². The summed E-state index contributed by atoms with van der Waals surface area (Å²) in [6.45, 7) is 8.42. The van der Waals surface area contributed by atoms with Crippen LogP contribution in [0.15, 0.2) is 59.5 Å². The smallest absolute Gasteiger partial charge is 0.243 e. The van der Waals surface area contributed by atoms with Crippen molar-refractivity contribution in [3.8, 4) is 0 Å². The van der Waals surface area contributed by atoms with Crippen molar-refractivity contribution in [2.75, 3.05) is 52.5 Å². The van der Waals surface area contributed by atoms with Gasteiger partial charge in [0.25, 0.3) is 0 Å². The van der Waals surface area contributed by atoms with Gasteiger partial charge in [0.1, 0.15) is 0 Å². The monoisotopic (exact) mass is 459 g/mol. The Kier molecular flexibility index (Phi) is 8.95. The van der Waals surface area contributed by atoms with E-state index < -0.39 is 10.0 Å². The molecule has 8 heteroatoms. The molecule has 0 saturated carbocycles. The van der Waals surface area contributed by atoms with Crippen molar-refractivity contribution in [1.29, 1.82) is 0 Å². The van der Waals surface area contributed by atoms with Crippen molar-refractivity contribution in [3.05, 3.63) is 65.7 Å². The van der Waals surface area contributed by atoms with Crippen molar-refractivity contribution in [2.24, 2.45) is 0 Å². The van der Waals surface area contributed by atoms with Gasteiger partial charge in [-0.1, -0.05) is 56.3 Å². The fourth-order valence-corrected chi connectivity index (χ4v) is 5.43. The van der Waals surface area contributed by atoms with Gasteiger partial charge in [0.05, 0.1) is 24.7 Å². The number of sulfonamides is 1. The maximum absolute atomic E-state index is 12.7. The molecule has 0 aromatic heterocycles. The molecular weight excluding hydrogens is 426 g/mol. The number of ether oxygens (including phenoxy) is 1. The summed E-state index contributed by atoms with van der Waals surface area (Å²) in [6.07, 6.45) is 0. The molecule has 0 spiro atoms. The number of ketones is 1. The van der Waals surface area contributed by atoms with Crippen LogP contribution in [0.25, 0.3) is 0 Å². The number of Topliss-reactive ketones (excluding diaryl/α,β-unsaturated/α-hetero) is 1. The fraction of sp³-hybridized carbons (Fsp3) is 0.458. The van der Waals surface area contributed by atoms with E-state index in [-0.39, 0.29) is 23.3 Å². The SMILES string of the molecule is CCN(CC)S(=O)(=O)c1ccc(C(=O)CNCC(c2ccccc2)N2CCOCC2)cc1. The lowest BCUT2D eigenvalue weighted by molar-refractivity contribution is 0.0162. The Balaban J connectivity index is 1.61. The Bertz CT molecular complexity index is 954. The third kappa shape index (κ3) is 6.02. The highest BCUT2D eigenvalue weighted by molar-refractivity contribution is 7.89. The molecule has 1 aliphatic rings. The largest absolute Gasteiger partial charge is 0.379 e. The van der Waals surface area contributed by atoms with Gasteiger partial charge >= 0.3 is 0 Å². The number of nitrogens with one attached hydrogen (secondary N) is 1. The quantitative estimate of drug-likeness (QED) is 0.521. The fourth-order valence-electron chi connectivity index (χ4n) is 3.97. The van der Waals surface area contributed by atoms with Crippen molar-refractivity contribution >= 4 is 15.8 Å². The zero-order chi connectivity index (χ0) is 23.0. The van der Waals surface area contributed by atoms with Crippen LogP contribution in [0.2, 0.25) is 0 Å². The van der Waals surface area contributed by atoms with Gasteiger partial charge in [-0.2, -0.15) is 4.31 Å². The minimum atomic E-state index is -3.52. The molecule has 2 aromatic rings. The lowest BCUT2D eigenvalue weighted by atomic mass is 10.0. The maximum atomic E-state index is 12.7. The summed E-state index contributed by atoms with van der Waals surface area (Å²) in [5.74, 6) is -0.0643. The van der Waals surface area contributed by atoms with E-state index in [1.54, 1.807) is 12.1 Å². The second-order valence-corrected chi connectivity index (χ2v) is 9.68. The van der Waals surface area contributed by atoms with Gasteiger partial charge in [-0.3, -0.25) is 9.69 Å². The molecule has 1 aliphatic heterocycles. The topological polar surface area (TPSA) is 79.0 Å². The number of morpholine rings is 1. The number of rotatable bonds is 11. The van der Waals surface area contributed by atoms with Crippen molar-refractivity contribution in [2.45, 2.75) is 24.8 Å². The van der Waals surface area contributed by atoms with Gasteiger partial charge in [0, 0.05) is 44.3 Å². The molecule has 1 heterocycles. The second-order valence-electron chi connectivity index (χ2n) is 7.74. The molecule has 0 amide bonds. The summed E-state index contributed by atoms with van der Waals surface area (Å²) in [7, 11) is -3.52. The number of benzene rings is 2. The van der Waals surface area contributed by atoms with Crippen LogP contribution in [0.3, 0.4) is 0 Å². The molecule has 0 aliphatic carbocycles. The summed E-state index contributed by atoms with van der Waals surface area (Å²) < 4.78 is 32.1. The number of hydrogen-bond donors (Lipinski definition) is 1. The average molecular weight is 460 g/mol. The van der Waals surface area contributed by atoms with Gasteiger partial charge in [0.2, 0.25) is 10.0 Å². The molecule has 0 radical (unpaired) electrons. The van der Waals surface area contributed by atoms with Gasteiger partial charge in [0.15, 0.2) is 5.78 Å². The standard InChI is InChI=1S/C24H33N3O4S/c1-3-27(4-2)32(29,30)22-12-10-21(11-13-22)24(28)19-25-18-23(20-8-6-5-7-9-20)26-14-16-31-17-15-26/h5-13,23,25H,3-4,14-19H2,1-2H3. The van der Waals surface area contributed by atoms with Crippen molar-refractivity contribution < 1.29 is 17.9 Å². The van der Waals surface area contributed by atoms with Gasteiger partial charge in [-0.25, -0.2) is 8.42 Å². The maximum Gasteiger partial charge on any atom is 0.243 e. The van der Waals surface area contributed by atoms with Crippen LogP contribution in [0.5, 0.6) is 0 Å². The van der Waals surface area contributed by atoms with Crippen LogP contribution < -0.4 is 5.32 Å². The first kappa shape index (κ1) is 24.5. The van der Waals surface area contributed by atoms with Crippen LogP contribution in [-0.4, -0.2) is 75.9 Å². The minimum Gasteiger partial charge on any atom is -0.379 e. The highest BCUT2D eigenvalue weighted by Gasteiger charge is 2.23. The number of carbonyl (C=O) groups excluding carboxylic acids is 1. The third-order valence-electron chi connectivity index (χ3n) is 5.81. The molecular formula is C24H33N3O4S. The van der Waals surface area contributed by atoms with Gasteiger partial charge < -0.3 is 10.1 Å². The lowest BCUT2D eigenvalue weighted by Gasteiger charge is -2.35. The van der Waals surface area contributed by atoms with E-state index >= 15 is 0 Å². The molecule has 1 fully saturated rings. The van der Waals surface area contributed by atoms with Gasteiger partial charge in [-0.05, 0) is 17.7 Å². The normalized spacial score (nSPS) is 16.2. The van der Waals surface area contributed by atoms with Crippen LogP contribution in [0, 0.1) is 0 Å². The lowest BCUT2D eigenvalue weighted by Crippen LogP contribution is -2.43. The number of carbonyl (C=O) groups is 1. The van der Waals surface area contributed by atoms with Gasteiger partial charge in [-0.15, -0.1) is 0 Å². The highest BCUT2D eigenvalue weighted by Crippen LogP contribution is 2.21. The van der Waals surface area contributed by atoms with E-state index in [9.17, 15) is 13.2 Å². The molecule has 1 atom stereocenters. The Labute approximate surface area is 191 Å². The van der Waals surface area contributed by atoms with E-state index in [0.29, 0.717) is 38.4 Å². The molecule has 1 N–H and O–H groups in total. The molecule has 174 valence electrons. The molecule has 32 heavy (non-hydrogen) atoms. The summed E-state index contributed by atoms with van der Waals surface area (Å²) in [6, 6.07) is 16.7. The van der Waals surface area contributed by atoms with E-state index in [4.69, 9.17) is 4.74 Å². The first-order valence-corrected chi connectivity index (χ1v) is 12.6. The molecule has 7 nitrogen and oxygen atoms in total.